The van der Waals surface area contributed by atoms with Gasteiger partial charge in [0.15, 0.2) is 18.9 Å². The Kier molecular flexibility index (Phi) is 75.0. The fourth-order valence-electron chi connectivity index (χ4n) is 16.7. The molecule has 764 valence electrons. The molecule has 3 heterocycles. The normalized spacial score (nSPS) is 22.7. The van der Waals surface area contributed by atoms with E-state index in [0.29, 0.717) is 84.0 Å². The Morgan fingerprint density at radius 3 is 1.00 bits per heavy atom. The molecule has 0 aliphatic carbocycles. The molecule has 31 nitrogen and oxygen atoms in total. The molecule has 0 aromatic rings. The van der Waals surface area contributed by atoms with Gasteiger partial charge in [0.1, 0.15) is 55.4 Å². The van der Waals surface area contributed by atoms with Gasteiger partial charge in [0.25, 0.3) is 0 Å². The molecule has 5 amide bonds. The van der Waals surface area contributed by atoms with Crippen LogP contribution in [0.4, 0.5) is 0 Å². The van der Waals surface area contributed by atoms with Gasteiger partial charge in [-0.05, 0) is 83.5 Å². The molecule has 130 heavy (non-hydrogen) atoms. The Morgan fingerprint density at radius 2 is 0.646 bits per heavy atom. The summed E-state index contributed by atoms with van der Waals surface area (Å²) in [6.07, 6.45) is 39.1. The highest BCUT2D eigenvalue weighted by atomic mass is 16.7. The minimum atomic E-state index is -1.26. The topological polar surface area (TPSA) is 437 Å². The first-order chi connectivity index (χ1) is 63.2. The van der Waals surface area contributed by atoms with E-state index in [-0.39, 0.29) is 154 Å². The van der Waals surface area contributed by atoms with Crippen molar-refractivity contribution in [2.24, 2.45) is 17.8 Å². The monoisotopic (exact) mass is 1860 g/mol. The number of aliphatic hydroxyl groups excluding tert-OH is 9. The molecule has 0 aromatic heterocycles. The third-order valence-electron chi connectivity index (χ3n) is 25.4. The molecular formula is C99H187N5O26. The second-order valence-corrected chi connectivity index (χ2v) is 36.9. The van der Waals surface area contributed by atoms with E-state index in [4.69, 9.17) is 52.1 Å². The van der Waals surface area contributed by atoms with Gasteiger partial charge in [-0.25, -0.2) is 0 Å². The third kappa shape index (κ3) is 58.6. The van der Waals surface area contributed by atoms with E-state index in [1.165, 1.54) is 205 Å². The summed E-state index contributed by atoms with van der Waals surface area (Å²) in [6, 6.07) is -1.02. The maximum atomic E-state index is 14.9. The van der Waals surface area contributed by atoms with Crippen molar-refractivity contribution in [1.82, 2.24) is 26.2 Å². The minimum absolute atomic E-state index is 0.00442. The molecule has 0 aromatic carbocycles. The number of carbonyl (C=O) groups excluding carboxylic acids is 6. The average molecular weight is 1860 g/mol. The lowest BCUT2D eigenvalue weighted by Gasteiger charge is -2.40. The van der Waals surface area contributed by atoms with Crippen LogP contribution in [-0.2, 0) is 80.9 Å². The van der Waals surface area contributed by atoms with E-state index in [1.54, 1.807) is 25.7 Å². The predicted octanol–water partition coefficient (Wildman–Crippen LogP) is 12.2. The number of nitrogens with zero attached hydrogens (tertiary/aromatic N) is 1. The largest absolute Gasteiger partial charge is 0.463 e. The second-order valence-electron chi connectivity index (χ2n) is 36.9. The zero-order valence-electron chi connectivity index (χ0n) is 81.4. The fraction of sp³-hybridized carbons (Fsp3) is 0.939. The van der Waals surface area contributed by atoms with Crippen LogP contribution in [0.3, 0.4) is 0 Å². The highest BCUT2D eigenvalue weighted by Crippen LogP contribution is 2.31. The van der Waals surface area contributed by atoms with Crippen molar-refractivity contribution in [3.63, 3.8) is 0 Å². The molecule has 17 unspecified atom stereocenters. The molecule has 13 N–H and O–H groups in total. The number of hydrogen-bond acceptors (Lipinski definition) is 26. The van der Waals surface area contributed by atoms with Crippen molar-refractivity contribution >= 4 is 35.5 Å². The number of amides is 5. The van der Waals surface area contributed by atoms with E-state index < -0.39 is 129 Å². The zero-order chi connectivity index (χ0) is 94.7. The van der Waals surface area contributed by atoms with Crippen LogP contribution in [0.1, 0.15) is 369 Å². The molecule has 0 bridgehead atoms. The Morgan fingerprint density at radius 1 is 0.323 bits per heavy atom. The SMILES string of the molecule is CCCCCCCCCCCCCCCCCCCCOCC(COC(=O)CCOCCOCCC(=O)NC(CCCCNC(=O)CCCCOC1OC(CO)C(O)C(O)C1C)C(=O)N(CCCNC(=O)CCCCOC1OC(CO)C(O)C(O)C1C)CCCNC(=O)CCCCOC1OC(CO)C(O)C(O)C1C)OCCCCCCCCCCCCCCCCCCCC. The third-order valence-corrected chi connectivity index (χ3v) is 25.4. The first-order valence-corrected chi connectivity index (χ1v) is 51.8. The maximum absolute atomic E-state index is 14.9. The number of hydrogen-bond donors (Lipinski definition) is 13. The summed E-state index contributed by atoms with van der Waals surface area (Å²) < 4.78 is 64.2. The van der Waals surface area contributed by atoms with Crippen molar-refractivity contribution in [3.8, 4) is 0 Å². The van der Waals surface area contributed by atoms with Crippen LogP contribution in [0.25, 0.3) is 0 Å². The van der Waals surface area contributed by atoms with Crippen LogP contribution in [0.5, 0.6) is 0 Å². The summed E-state index contributed by atoms with van der Waals surface area (Å²) in [5.41, 5.74) is 0. The van der Waals surface area contributed by atoms with Gasteiger partial charge in [0.2, 0.25) is 29.5 Å². The lowest BCUT2D eigenvalue weighted by Crippen LogP contribution is -2.55. The predicted molar refractivity (Wildman–Crippen MR) is 501 cm³/mol. The Hall–Kier alpha value is -3.94. The van der Waals surface area contributed by atoms with Crippen LogP contribution < -0.4 is 21.3 Å². The van der Waals surface area contributed by atoms with Crippen LogP contribution in [0.2, 0.25) is 0 Å². The van der Waals surface area contributed by atoms with Crippen LogP contribution >= 0.6 is 0 Å². The van der Waals surface area contributed by atoms with Crippen molar-refractivity contribution < 1.29 is 127 Å². The first kappa shape index (κ1) is 120. The molecule has 0 saturated carbocycles. The summed E-state index contributed by atoms with van der Waals surface area (Å²) in [6.45, 7) is 11.8. The van der Waals surface area contributed by atoms with E-state index in [2.05, 4.69) is 35.1 Å². The lowest BCUT2D eigenvalue weighted by molar-refractivity contribution is -0.282. The van der Waals surface area contributed by atoms with Crippen LogP contribution in [0, 0.1) is 17.8 Å². The van der Waals surface area contributed by atoms with Crippen molar-refractivity contribution in [1.29, 1.82) is 0 Å². The smallest absolute Gasteiger partial charge is 0.308 e. The Balaban J connectivity index is 1.56. The summed E-state index contributed by atoms with van der Waals surface area (Å²) in [5, 5.41) is 103. The molecular weight excluding hydrogens is 1680 g/mol. The molecule has 3 aliphatic rings. The zero-order valence-corrected chi connectivity index (χ0v) is 81.4. The standard InChI is InChI=1S/C99H187N5O26/c1-6-8-10-12-14-16-18-20-22-24-26-28-30-32-34-36-38-45-63-122-75-80(123-64-46-39-37-35-33-31-29-27-25-23-21-19-17-15-13-11-9-7-2)76-127-89(112)57-69-121-71-70-120-68-56-88(111)103-81(52-40-44-58-100-85(108)53-41-47-65-124-97-77(3)90(113)93(116)82(72-105)128-97)96(119)104(61-50-59-101-86(109)54-42-48-66-125-98-78(4)91(114)94(117)83(73-106)129-98)62-51-60-102-87(110)55-43-49-67-126-99-79(5)92(115)95(118)84(74-107)130-99/h77-84,90-95,97-99,105-107,113-118H,6-76H2,1-5H3,(H,100,108)(H,101,109)(H,102,110)(H,103,111). The molecule has 3 aliphatic heterocycles. The summed E-state index contributed by atoms with van der Waals surface area (Å²) in [4.78, 5) is 82.7. The fourth-order valence-corrected chi connectivity index (χ4v) is 16.7. The number of nitrogens with one attached hydrogen (secondary N) is 4. The first-order valence-electron chi connectivity index (χ1n) is 51.8. The quantitative estimate of drug-likeness (QED) is 0.0199. The second kappa shape index (κ2) is 81.1. The Bertz CT molecular complexity index is 2650. The number of esters is 1. The van der Waals surface area contributed by atoms with Crippen LogP contribution in [0.15, 0.2) is 0 Å². The van der Waals surface area contributed by atoms with Crippen molar-refractivity contribution in [2.75, 3.05) is 125 Å². The highest BCUT2D eigenvalue weighted by molar-refractivity contribution is 5.87. The Labute approximate surface area is 782 Å². The number of rotatable bonds is 88. The molecule has 3 rings (SSSR count). The van der Waals surface area contributed by atoms with Gasteiger partial charge >= 0.3 is 5.97 Å². The van der Waals surface area contributed by atoms with E-state index in [9.17, 15) is 74.7 Å². The molecule has 0 spiro atoms. The van der Waals surface area contributed by atoms with E-state index in [1.807, 2.05) is 0 Å². The number of unbranched alkanes of at least 4 members (excludes halogenated alkanes) is 38. The van der Waals surface area contributed by atoms with Gasteiger partial charge in [-0.15, -0.1) is 0 Å². The van der Waals surface area contributed by atoms with Gasteiger partial charge in [0, 0.05) is 109 Å². The lowest BCUT2D eigenvalue weighted by atomic mass is 9.92. The number of ether oxygens (including phenoxy) is 11. The average Bonchev–Trinajstić information content (AvgIpc) is 0.828. The molecule has 0 radical (unpaired) electrons. The molecule has 31 heteroatoms. The summed E-state index contributed by atoms with van der Waals surface area (Å²) >= 11 is 0. The summed E-state index contributed by atoms with van der Waals surface area (Å²) in [7, 11) is 0. The molecule has 3 saturated heterocycles. The van der Waals surface area contributed by atoms with Gasteiger partial charge < -0.3 is 124 Å². The van der Waals surface area contributed by atoms with Gasteiger partial charge in [-0.1, -0.05) is 253 Å². The highest BCUT2D eigenvalue weighted by Gasteiger charge is 2.45. The van der Waals surface area contributed by atoms with Crippen molar-refractivity contribution in [3.05, 3.63) is 0 Å². The van der Waals surface area contributed by atoms with Gasteiger partial charge in [0.05, 0.1) is 77.6 Å². The van der Waals surface area contributed by atoms with Crippen molar-refractivity contribution in [2.45, 2.75) is 454 Å². The van der Waals surface area contributed by atoms with Gasteiger partial charge in [-0.3, -0.25) is 28.8 Å². The summed E-state index contributed by atoms with van der Waals surface area (Å²) in [5.74, 6) is -3.57. The number of carbonyl (C=O) groups is 6. The van der Waals surface area contributed by atoms with Gasteiger partial charge in [-0.2, -0.15) is 0 Å². The minimum Gasteiger partial charge on any atom is -0.463 e. The van der Waals surface area contributed by atoms with Crippen LogP contribution in [-0.4, -0.2) is 298 Å². The van der Waals surface area contributed by atoms with E-state index >= 15 is 0 Å². The molecule has 17 atom stereocenters. The number of aliphatic hydroxyl groups is 9. The maximum Gasteiger partial charge on any atom is 0.308 e. The van der Waals surface area contributed by atoms with E-state index in [0.717, 1.165) is 25.7 Å². The molecule has 3 fully saturated rings.